The predicted octanol–water partition coefficient (Wildman–Crippen LogP) is 2.15. The Kier molecular flexibility index (Phi) is 3.12. The van der Waals surface area contributed by atoms with Crippen LogP contribution in [0.5, 0.6) is 0 Å². The van der Waals surface area contributed by atoms with Crippen molar-refractivity contribution >= 4 is 5.78 Å². The highest BCUT2D eigenvalue weighted by atomic mass is 16.3. The summed E-state index contributed by atoms with van der Waals surface area (Å²) in [6.07, 6.45) is 3.30. The molecule has 0 radical (unpaired) electrons. The van der Waals surface area contributed by atoms with Crippen LogP contribution in [-0.4, -0.2) is 16.5 Å². The summed E-state index contributed by atoms with van der Waals surface area (Å²) >= 11 is 0. The molecule has 0 bridgehead atoms. The monoisotopic (exact) mass is 184 g/mol. The van der Waals surface area contributed by atoms with E-state index in [-0.39, 0.29) is 11.7 Å². The highest BCUT2D eigenvalue weighted by Crippen LogP contribution is 2.37. The minimum atomic E-state index is -0.508. The van der Waals surface area contributed by atoms with E-state index in [4.69, 9.17) is 0 Å². The van der Waals surface area contributed by atoms with Gasteiger partial charge in [-0.15, -0.1) is 0 Å². The van der Waals surface area contributed by atoms with Crippen LogP contribution < -0.4 is 0 Å². The highest BCUT2D eigenvalue weighted by molar-refractivity contribution is 5.78. The lowest BCUT2D eigenvalue weighted by Gasteiger charge is -2.38. The Morgan fingerprint density at radius 1 is 1.38 bits per heavy atom. The summed E-state index contributed by atoms with van der Waals surface area (Å²) in [7, 11) is 0. The molecule has 76 valence electrons. The lowest BCUT2D eigenvalue weighted by Crippen LogP contribution is -2.40. The van der Waals surface area contributed by atoms with Gasteiger partial charge in [-0.3, -0.25) is 4.79 Å². The zero-order valence-electron chi connectivity index (χ0n) is 8.84. The van der Waals surface area contributed by atoms with Crippen LogP contribution in [0, 0.1) is 11.8 Å². The van der Waals surface area contributed by atoms with Crippen molar-refractivity contribution in [3.05, 3.63) is 0 Å². The standard InChI is InChI=1S/C11H20O2/c1-8(2)11(13)6-4-10(5-7-11)9(3)12/h8,10,13H,4-7H2,1-3H3/t10-,11-. The van der Waals surface area contributed by atoms with Crippen molar-refractivity contribution in [3.63, 3.8) is 0 Å². The molecule has 0 aromatic heterocycles. The fourth-order valence-electron chi connectivity index (χ4n) is 2.10. The molecular weight excluding hydrogens is 164 g/mol. The molecule has 0 saturated heterocycles. The third-order valence-electron chi connectivity index (χ3n) is 3.50. The topological polar surface area (TPSA) is 37.3 Å². The number of hydrogen-bond acceptors (Lipinski definition) is 2. The molecule has 1 aliphatic carbocycles. The zero-order chi connectivity index (χ0) is 10.1. The Morgan fingerprint density at radius 2 is 1.85 bits per heavy atom. The van der Waals surface area contributed by atoms with Gasteiger partial charge >= 0.3 is 0 Å². The van der Waals surface area contributed by atoms with E-state index in [1.165, 1.54) is 0 Å². The largest absolute Gasteiger partial charge is 0.390 e. The molecule has 1 aliphatic rings. The average molecular weight is 184 g/mol. The first-order chi connectivity index (χ1) is 5.96. The number of ketones is 1. The van der Waals surface area contributed by atoms with E-state index in [1.807, 2.05) is 13.8 Å². The first-order valence-corrected chi connectivity index (χ1v) is 5.18. The van der Waals surface area contributed by atoms with Gasteiger partial charge in [-0.05, 0) is 38.5 Å². The van der Waals surface area contributed by atoms with Gasteiger partial charge in [0.05, 0.1) is 5.60 Å². The van der Waals surface area contributed by atoms with Crippen molar-refractivity contribution in [2.45, 2.75) is 52.1 Å². The summed E-state index contributed by atoms with van der Waals surface area (Å²) < 4.78 is 0. The molecule has 0 unspecified atom stereocenters. The van der Waals surface area contributed by atoms with Crippen molar-refractivity contribution in [2.75, 3.05) is 0 Å². The van der Waals surface area contributed by atoms with Gasteiger partial charge in [0.1, 0.15) is 5.78 Å². The highest BCUT2D eigenvalue weighted by Gasteiger charge is 2.36. The number of Topliss-reactive ketones (excluding diaryl/α,β-unsaturated/α-hetero) is 1. The van der Waals surface area contributed by atoms with Crippen molar-refractivity contribution in [2.24, 2.45) is 11.8 Å². The van der Waals surface area contributed by atoms with Crippen LogP contribution in [0.3, 0.4) is 0 Å². The molecule has 0 aliphatic heterocycles. The minimum absolute atomic E-state index is 0.207. The zero-order valence-corrected chi connectivity index (χ0v) is 8.84. The third-order valence-corrected chi connectivity index (χ3v) is 3.50. The molecule has 13 heavy (non-hydrogen) atoms. The second kappa shape index (κ2) is 3.79. The molecule has 1 N–H and O–H groups in total. The summed E-state index contributed by atoms with van der Waals surface area (Å²) in [5.74, 6) is 0.797. The van der Waals surface area contributed by atoms with Crippen molar-refractivity contribution in [3.8, 4) is 0 Å². The fraction of sp³-hybridized carbons (Fsp3) is 0.909. The van der Waals surface area contributed by atoms with Gasteiger partial charge in [0.15, 0.2) is 0 Å². The molecule has 2 nitrogen and oxygen atoms in total. The first-order valence-electron chi connectivity index (χ1n) is 5.18. The van der Waals surface area contributed by atoms with E-state index < -0.39 is 5.60 Å². The molecule has 0 atom stereocenters. The number of carbonyl (C=O) groups excluding carboxylic acids is 1. The SMILES string of the molecule is CC(=O)[C@H]1CC[C@@](O)(C(C)C)CC1. The summed E-state index contributed by atoms with van der Waals surface area (Å²) in [5.41, 5.74) is -0.508. The molecule has 2 heteroatoms. The normalized spacial score (nSPS) is 35.0. The van der Waals surface area contributed by atoms with Gasteiger partial charge < -0.3 is 5.11 Å². The summed E-state index contributed by atoms with van der Waals surface area (Å²) in [5, 5.41) is 10.1. The number of hydrogen-bond donors (Lipinski definition) is 1. The van der Waals surface area contributed by atoms with Crippen molar-refractivity contribution < 1.29 is 9.90 Å². The lowest BCUT2D eigenvalue weighted by atomic mass is 9.72. The molecule has 0 aromatic rings. The van der Waals surface area contributed by atoms with E-state index in [1.54, 1.807) is 6.92 Å². The van der Waals surface area contributed by atoms with E-state index in [2.05, 4.69) is 0 Å². The maximum atomic E-state index is 11.1. The second-order valence-electron chi connectivity index (χ2n) is 4.64. The van der Waals surface area contributed by atoms with Crippen LogP contribution in [0.2, 0.25) is 0 Å². The Hall–Kier alpha value is -0.370. The maximum Gasteiger partial charge on any atom is 0.132 e. The summed E-state index contributed by atoms with van der Waals surface area (Å²) in [4.78, 5) is 11.1. The van der Waals surface area contributed by atoms with Crippen LogP contribution in [0.15, 0.2) is 0 Å². The molecule has 0 aromatic carbocycles. The number of rotatable bonds is 2. The molecule has 0 amide bonds. The van der Waals surface area contributed by atoms with Crippen molar-refractivity contribution in [1.82, 2.24) is 0 Å². The minimum Gasteiger partial charge on any atom is -0.390 e. The summed E-state index contributed by atoms with van der Waals surface area (Å²) in [6.45, 7) is 5.76. The van der Waals surface area contributed by atoms with Crippen LogP contribution in [0.1, 0.15) is 46.5 Å². The van der Waals surface area contributed by atoms with E-state index >= 15 is 0 Å². The van der Waals surface area contributed by atoms with Crippen LogP contribution in [0.25, 0.3) is 0 Å². The molecule has 1 rings (SSSR count). The number of aliphatic hydroxyl groups is 1. The van der Waals surface area contributed by atoms with Gasteiger partial charge in [0, 0.05) is 5.92 Å². The first kappa shape index (κ1) is 10.7. The van der Waals surface area contributed by atoms with E-state index in [0.29, 0.717) is 5.92 Å². The Labute approximate surface area is 80.3 Å². The molecule has 1 saturated carbocycles. The van der Waals surface area contributed by atoms with Crippen LogP contribution in [0.4, 0.5) is 0 Å². The Balaban J connectivity index is 2.51. The third kappa shape index (κ3) is 2.31. The maximum absolute atomic E-state index is 11.1. The van der Waals surface area contributed by atoms with Gasteiger partial charge in [0.25, 0.3) is 0 Å². The second-order valence-corrected chi connectivity index (χ2v) is 4.64. The average Bonchev–Trinajstić information content (AvgIpc) is 2.04. The quantitative estimate of drug-likeness (QED) is 0.714. The van der Waals surface area contributed by atoms with E-state index in [9.17, 15) is 9.90 Å². The van der Waals surface area contributed by atoms with Crippen LogP contribution in [-0.2, 0) is 4.79 Å². The van der Waals surface area contributed by atoms with Gasteiger partial charge in [-0.2, -0.15) is 0 Å². The Bertz CT molecular complexity index is 188. The van der Waals surface area contributed by atoms with Crippen molar-refractivity contribution in [1.29, 1.82) is 0 Å². The number of carbonyl (C=O) groups is 1. The molecule has 0 heterocycles. The molecular formula is C11H20O2. The Morgan fingerprint density at radius 3 is 2.15 bits per heavy atom. The van der Waals surface area contributed by atoms with Gasteiger partial charge in [-0.1, -0.05) is 13.8 Å². The van der Waals surface area contributed by atoms with Gasteiger partial charge in [0.2, 0.25) is 0 Å². The fourth-order valence-corrected chi connectivity index (χ4v) is 2.10. The van der Waals surface area contributed by atoms with Crippen LogP contribution >= 0.6 is 0 Å². The van der Waals surface area contributed by atoms with Gasteiger partial charge in [-0.25, -0.2) is 0 Å². The molecule has 1 fully saturated rings. The van der Waals surface area contributed by atoms with E-state index in [0.717, 1.165) is 25.7 Å². The predicted molar refractivity (Wildman–Crippen MR) is 52.4 cm³/mol. The molecule has 0 spiro atoms. The summed E-state index contributed by atoms with van der Waals surface area (Å²) in [6, 6.07) is 0. The smallest absolute Gasteiger partial charge is 0.132 e. The lowest BCUT2D eigenvalue weighted by molar-refractivity contribution is -0.124.